The van der Waals surface area contributed by atoms with Gasteiger partial charge in [-0.2, -0.15) is 0 Å². The van der Waals surface area contributed by atoms with E-state index in [0.29, 0.717) is 0 Å². The number of hydrogen-bond acceptors (Lipinski definition) is 3. The zero-order valence-corrected chi connectivity index (χ0v) is 14.4. The highest BCUT2D eigenvalue weighted by Crippen LogP contribution is 2.25. The number of esters is 1. The first-order chi connectivity index (χ1) is 10.6. The maximum atomic E-state index is 11.3. The molecule has 0 saturated carbocycles. The monoisotopic (exact) mass is 306 g/mol. The first-order valence-corrected chi connectivity index (χ1v) is 8.23. The molecule has 1 aliphatic heterocycles. The summed E-state index contributed by atoms with van der Waals surface area (Å²) in [6.45, 7) is 7.86. The van der Waals surface area contributed by atoms with Crippen LogP contribution in [-0.4, -0.2) is 18.4 Å². The fourth-order valence-corrected chi connectivity index (χ4v) is 1.88. The number of carbonyl (C=O) groups excluding carboxylic acids is 2. The van der Waals surface area contributed by atoms with Crippen LogP contribution in [0.1, 0.15) is 66.2 Å². The highest BCUT2D eigenvalue weighted by Gasteiger charge is 2.27. The summed E-state index contributed by atoms with van der Waals surface area (Å²) in [5, 5.41) is 0. The minimum atomic E-state index is -0.114. The topological polar surface area (TPSA) is 43.4 Å². The molecule has 124 valence electrons. The molecular weight excluding hydrogens is 276 g/mol. The SMILES string of the molecule is C/C=C(\C)C=O.CCC.O=C1O[C@@H]2CCCC/C=C\C=C\1C2. The lowest BCUT2D eigenvalue weighted by atomic mass is 10.0. The molecule has 1 saturated heterocycles. The van der Waals surface area contributed by atoms with E-state index in [4.69, 9.17) is 4.74 Å². The first-order valence-electron chi connectivity index (χ1n) is 8.23. The lowest BCUT2D eigenvalue weighted by Crippen LogP contribution is -2.05. The van der Waals surface area contributed by atoms with Gasteiger partial charge in [-0.05, 0) is 45.1 Å². The lowest BCUT2D eigenvalue weighted by Gasteiger charge is -2.07. The maximum Gasteiger partial charge on any atom is 0.334 e. The first kappa shape index (κ1) is 20.4. The summed E-state index contributed by atoms with van der Waals surface area (Å²) in [5.74, 6) is -0.114. The average Bonchev–Trinajstić information content (AvgIpc) is 2.86. The molecule has 0 unspecified atom stereocenters. The Bertz CT molecular complexity index is 416. The summed E-state index contributed by atoms with van der Waals surface area (Å²) in [7, 11) is 0. The van der Waals surface area contributed by atoms with Crippen molar-refractivity contribution in [3.63, 3.8) is 0 Å². The molecule has 2 rings (SSSR count). The second-order valence-electron chi connectivity index (χ2n) is 5.49. The van der Waals surface area contributed by atoms with Crippen LogP contribution in [0, 0.1) is 0 Å². The van der Waals surface area contributed by atoms with Crippen molar-refractivity contribution in [2.24, 2.45) is 0 Å². The smallest absolute Gasteiger partial charge is 0.334 e. The lowest BCUT2D eigenvalue weighted by molar-refractivity contribution is -0.139. The van der Waals surface area contributed by atoms with Gasteiger partial charge in [0, 0.05) is 12.0 Å². The van der Waals surface area contributed by atoms with Gasteiger partial charge in [-0.15, -0.1) is 0 Å². The van der Waals surface area contributed by atoms with Gasteiger partial charge in [0.2, 0.25) is 0 Å². The summed E-state index contributed by atoms with van der Waals surface area (Å²) >= 11 is 0. The molecule has 0 aromatic rings. The second-order valence-corrected chi connectivity index (χ2v) is 5.49. The summed E-state index contributed by atoms with van der Waals surface area (Å²) in [6.07, 6.45) is 15.3. The van der Waals surface area contributed by atoms with Crippen molar-refractivity contribution in [2.45, 2.75) is 72.3 Å². The summed E-state index contributed by atoms with van der Waals surface area (Å²) in [6, 6.07) is 0. The maximum absolute atomic E-state index is 11.3. The molecule has 1 heterocycles. The molecule has 1 fully saturated rings. The molecule has 3 nitrogen and oxygen atoms in total. The number of rotatable bonds is 1. The summed E-state index contributed by atoms with van der Waals surface area (Å²) in [5.41, 5.74) is 1.62. The second kappa shape index (κ2) is 13.1. The Labute approximate surface area is 135 Å². The van der Waals surface area contributed by atoms with E-state index in [2.05, 4.69) is 19.9 Å². The van der Waals surface area contributed by atoms with E-state index < -0.39 is 0 Å². The molecule has 22 heavy (non-hydrogen) atoms. The number of carbonyl (C=O) groups is 2. The Balaban J connectivity index is 0.000000414. The Kier molecular flexibility index (Phi) is 12.1. The van der Waals surface area contributed by atoms with Crippen LogP contribution in [0.5, 0.6) is 0 Å². The molecular formula is C19H30O3. The summed E-state index contributed by atoms with van der Waals surface area (Å²) in [4.78, 5) is 20.9. The Morgan fingerprint density at radius 3 is 2.59 bits per heavy atom. The minimum absolute atomic E-state index is 0.114. The zero-order chi connectivity index (χ0) is 16.8. The van der Waals surface area contributed by atoms with E-state index >= 15 is 0 Å². The Morgan fingerprint density at radius 1 is 1.36 bits per heavy atom. The summed E-state index contributed by atoms with van der Waals surface area (Å²) < 4.78 is 5.22. The van der Waals surface area contributed by atoms with Crippen LogP contribution in [0.2, 0.25) is 0 Å². The van der Waals surface area contributed by atoms with Gasteiger partial charge in [-0.3, -0.25) is 4.79 Å². The van der Waals surface area contributed by atoms with E-state index in [-0.39, 0.29) is 12.1 Å². The van der Waals surface area contributed by atoms with E-state index in [1.54, 1.807) is 13.0 Å². The molecule has 0 amide bonds. The van der Waals surface area contributed by atoms with Gasteiger partial charge in [0.05, 0.1) is 0 Å². The number of ether oxygens (including phenoxy) is 1. The van der Waals surface area contributed by atoms with Crippen molar-refractivity contribution in [3.05, 3.63) is 35.5 Å². The number of hydrogen-bond donors (Lipinski definition) is 0. The predicted octanol–water partition coefficient (Wildman–Crippen LogP) is 4.93. The van der Waals surface area contributed by atoms with Gasteiger partial charge in [0.1, 0.15) is 12.4 Å². The molecule has 3 heteroatoms. The fourth-order valence-electron chi connectivity index (χ4n) is 1.88. The standard InChI is InChI=1S/C11H14O2.C5H8O.C3H8/c12-11-9-6-4-2-1-3-5-7-10(8-9)13-11;1-3-5(2)4-6;1-3-2/h2,4,6,10H,1,3,5,7-8H2;3-4H,1-2H3;3H2,1-2H3/b4-2-,9-6+;5-3+;/t10-;;/m1../s1. The van der Waals surface area contributed by atoms with Crippen molar-refractivity contribution in [2.75, 3.05) is 0 Å². The van der Waals surface area contributed by atoms with Gasteiger partial charge >= 0.3 is 5.97 Å². The molecule has 2 aliphatic rings. The van der Waals surface area contributed by atoms with Gasteiger partial charge in [0.15, 0.2) is 0 Å². The molecule has 0 radical (unpaired) electrons. The number of aldehydes is 1. The van der Waals surface area contributed by atoms with Crippen molar-refractivity contribution >= 4 is 12.3 Å². The zero-order valence-electron chi connectivity index (χ0n) is 14.4. The highest BCUT2D eigenvalue weighted by molar-refractivity contribution is 5.91. The number of allylic oxidation sites excluding steroid dienone is 5. The van der Waals surface area contributed by atoms with E-state index in [0.717, 1.165) is 43.1 Å². The van der Waals surface area contributed by atoms with Gasteiger partial charge in [-0.25, -0.2) is 4.79 Å². The van der Waals surface area contributed by atoms with Crippen molar-refractivity contribution in [1.29, 1.82) is 0 Å². The number of fused-ring (bicyclic) bond motifs is 2. The van der Waals surface area contributed by atoms with Crippen molar-refractivity contribution in [3.8, 4) is 0 Å². The molecule has 1 aliphatic carbocycles. The van der Waals surface area contributed by atoms with Gasteiger partial charge in [-0.1, -0.05) is 44.6 Å². The normalized spacial score (nSPS) is 24.4. The van der Waals surface area contributed by atoms with Crippen LogP contribution in [0.25, 0.3) is 0 Å². The van der Waals surface area contributed by atoms with E-state index in [9.17, 15) is 9.59 Å². The average molecular weight is 306 g/mol. The van der Waals surface area contributed by atoms with E-state index in [1.165, 1.54) is 12.8 Å². The van der Waals surface area contributed by atoms with E-state index in [1.807, 2.05) is 19.1 Å². The molecule has 0 aromatic heterocycles. The quantitative estimate of drug-likeness (QED) is 0.392. The molecule has 0 aromatic carbocycles. The third kappa shape index (κ3) is 9.32. The molecule has 1 atom stereocenters. The Hall–Kier alpha value is -1.64. The van der Waals surface area contributed by atoms with Crippen LogP contribution >= 0.6 is 0 Å². The third-order valence-electron chi connectivity index (χ3n) is 3.21. The fraction of sp³-hybridized carbons (Fsp3) is 0.579. The minimum Gasteiger partial charge on any atom is -0.459 e. The molecule has 2 bridgehead atoms. The van der Waals surface area contributed by atoms with Crippen molar-refractivity contribution < 1.29 is 14.3 Å². The van der Waals surface area contributed by atoms with Crippen LogP contribution in [-0.2, 0) is 14.3 Å². The predicted molar refractivity (Wildman–Crippen MR) is 91.6 cm³/mol. The molecule has 0 N–H and O–H groups in total. The third-order valence-corrected chi connectivity index (χ3v) is 3.21. The van der Waals surface area contributed by atoms with Crippen LogP contribution in [0.15, 0.2) is 35.5 Å². The Morgan fingerprint density at radius 2 is 2.05 bits per heavy atom. The van der Waals surface area contributed by atoms with Gasteiger partial charge < -0.3 is 4.74 Å². The largest absolute Gasteiger partial charge is 0.459 e. The highest BCUT2D eigenvalue weighted by atomic mass is 16.5. The van der Waals surface area contributed by atoms with Crippen LogP contribution in [0.4, 0.5) is 0 Å². The van der Waals surface area contributed by atoms with Crippen molar-refractivity contribution in [1.82, 2.24) is 0 Å². The van der Waals surface area contributed by atoms with Crippen LogP contribution in [0.3, 0.4) is 0 Å². The van der Waals surface area contributed by atoms with Crippen LogP contribution < -0.4 is 0 Å². The molecule has 0 spiro atoms. The van der Waals surface area contributed by atoms with Gasteiger partial charge in [0.25, 0.3) is 0 Å².